The Bertz CT molecular complexity index is 656. The Hall–Kier alpha value is -2.07. The highest BCUT2D eigenvalue weighted by Gasteiger charge is 2.12. The summed E-state index contributed by atoms with van der Waals surface area (Å²) >= 11 is 6.02. The minimum atomic E-state index is -0.253. The molecule has 1 amide bonds. The van der Waals surface area contributed by atoms with E-state index in [-0.39, 0.29) is 5.91 Å². The van der Waals surface area contributed by atoms with Crippen molar-refractivity contribution >= 4 is 29.0 Å². The Morgan fingerprint density at radius 2 is 1.95 bits per heavy atom. The van der Waals surface area contributed by atoms with Crippen molar-refractivity contribution in [2.45, 2.75) is 13.8 Å². The highest BCUT2D eigenvalue weighted by molar-refractivity contribution is 6.34. The maximum atomic E-state index is 12.2. The predicted octanol–water partition coefficient (Wildman–Crippen LogP) is 3.65. The Kier molecular flexibility index (Phi) is 4.25. The number of hydrogen-bond donors (Lipinski definition) is 2. The van der Waals surface area contributed by atoms with Gasteiger partial charge in [-0.2, -0.15) is 0 Å². The smallest absolute Gasteiger partial charge is 0.257 e. The third kappa shape index (κ3) is 3.08. The number of aryl methyl sites for hydroxylation is 2. The first-order valence-corrected chi connectivity index (χ1v) is 6.61. The van der Waals surface area contributed by atoms with Crippen LogP contribution in [0.5, 0.6) is 0 Å². The van der Waals surface area contributed by atoms with Crippen LogP contribution >= 0.6 is 11.6 Å². The molecule has 0 saturated carbocycles. The molecule has 1 aromatic carbocycles. The third-order valence-electron chi connectivity index (χ3n) is 3.12. The summed E-state index contributed by atoms with van der Waals surface area (Å²) in [5, 5.41) is 6.04. The summed E-state index contributed by atoms with van der Waals surface area (Å²) in [6.07, 6.45) is 1.46. The highest BCUT2D eigenvalue weighted by atomic mass is 35.5. The molecule has 0 aliphatic heterocycles. The molecule has 0 fully saturated rings. The topological polar surface area (TPSA) is 54.0 Å². The van der Waals surface area contributed by atoms with Gasteiger partial charge in [-0.25, -0.2) is 4.98 Å². The molecule has 4 nitrogen and oxygen atoms in total. The minimum Gasteiger partial charge on any atom is -0.373 e. The van der Waals surface area contributed by atoms with Gasteiger partial charge in [0.1, 0.15) is 5.82 Å². The molecule has 5 heteroatoms. The molecule has 0 aliphatic carbocycles. The van der Waals surface area contributed by atoms with E-state index in [9.17, 15) is 4.79 Å². The van der Waals surface area contributed by atoms with Crippen molar-refractivity contribution in [2.75, 3.05) is 17.7 Å². The van der Waals surface area contributed by atoms with Crippen molar-refractivity contribution in [2.24, 2.45) is 0 Å². The van der Waals surface area contributed by atoms with Gasteiger partial charge in [0.05, 0.1) is 10.6 Å². The molecule has 0 saturated heterocycles. The van der Waals surface area contributed by atoms with Crippen LogP contribution in [0.4, 0.5) is 11.5 Å². The second kappa shape index (κ2) is 5.92. The summed E-state index contributed by atoms with van der Waals surface area (Å²) in [6, 6.07) is 7.40. The lowest BCUT2D eigenvalue weighted by Gasteiger charge is -2.09. The molecule has 2 rings (SSSR count). The Morgan fingerprint density at radius 1 is 1.20 bits per heavy atom. The number of carbonyl (C=O) groups is 1. The molecule has 0 aliphatic rings. The van der Waals surface area contributed by atoms with Crippen LogP contribution in [0.3, 0.4) is 0 Å². The van der Waals surface area contributed by atoms with Gasteiger partial charge in [0.15, 0.2) is 0 Å². The second-order valence-electron chi connectivity index (χ2n) is 4.55. The molecule has 0 spiro atoms. The van der Waals surface area contributed by atoms with E-state index in [1.165, 1.54) is 11.8 Å². The van der Waals surface area contributed by atoms with Gasteiger partial charge in [-0.1, -0.05) is 17.7 Å². The molecule has 0 unspecified atom stereocenters. The lowest BCUT2D eigenvalue weighted by Crippen LogP contribution is -2.13. The standard InChI is InChI=1S/C15H16ClN3O/c1-9-4-5-11(6-10(9)2)19-15(20)12-7-14(17-3)18-8-13(12)16/h4-8H,1-3H3,(H,17,18)(H,19,20). The van der Waals surface area contributed by atoms with E-state index in [0.29, 0.717) is 16.4 Å². The Morgan fingerprint density at radius 3 is 2.60 bits per heavy atom. The van der Waals surface area contributed by atoms with Gasteiger partial charge in [0.2, 0.25) is 0 Å². The predicted molar refractivity (Wildman–Crippen MR) is 82.7 cm³/mol. The molecular formula is C15H16ClN3O. The molecular weight excluding hydrogens is 274 g/mol. The summed E-state index contributed by atoms with van der Waals surface area (Å²) < 4.78 is 0. The van der Waals surface area contributed by atoms with Gasteiger partial charge in [-0.05, 0) is 43.2 Å². The maximum Gasteiger partial charge on any atom is 0.257 e. The van der Waals surface area contributed by atoms with E-state index < -0.39 is 0 Å². The monoisotopic (exact) mass is 289 g/mol. The maximum absolute atomic E-state index is 12.2. The molecule has 0 bridgehead atoms. The fourth-order valence-corrected chi connectivity index (χ4v) is 1.96. The largest absolute Gasteiger partial charge is 0.373 e. The average Bonchev–Trinajstić information content (AvgIpc) is 2.43. The number of nitrogens with one attached hydrogen (secondary N) is 2. The number of nitrogens with zero attached hydrogens (tertiary/aromatic N) is 1. The molecule has 1 aromatic heterocycles. The van der Waals surface area contributed by atoms with Gasteiger partial charge in [0, 0.05) is 18.9 Å². The minimum absolute atomic E-state index is 0.253. The second-order valence-corrected chi connectivity index (χ2v) is 4.96. The van der Waals surface area contributed by atoms with Crippen LogP contribution in [0.1, 0.15) is 21.5 Å². The van der Waals surface area contributed by atoms with Gasteiger partial charge < -0.3 is 10.6 Å². The van der Waals surface area contributed by atoms with Crippen molar-refractivity contribution < 1.29 is 4.79 Å². The number of carbonyl (C=O) groups excluding carboxylic acids is 1. The third-order valence-corrected chi connectivity index (χ3v) is 3.42. The SMILES string of the molecule is CNc1cc(C(=O)Nc2ccc(C)c(C)c2)c(Cl)cn1. The van der Waals surface area contributed by atoms with Crippen LogP contribution in [-0.4, -0.2) is 17.9 Å². The van der Waals surface area contributed by atoms with E-state index in [2.05, 4.69) is 15.6 Å². The zero-order valence-corrected chi connectivity index (χ0v) is 12.4. The number of pyridine rings is 1. The summed E-state index contributed by atoms with van der Waals surface area (Å²) in [5.41, 5.74) is 3.45. The first-order chi connectivity index (χ1) is 9.51. The molecule has 104 valence electrons. The Labute approximate surface area is 123 Å². The lowest BCUT2D eigenvalue weighted by atomic mass is 10.1. The number of anilines is 2. The summed E-state index contributed by atoms with van der Waals surface area (Å²) in [6.45, 7) is 4.03. The van der Waals surface area contributed by atoms with E-state index >= 15 is 0 Å². The molecule has 1 heterocycles. The van der Waals surface area contributed by atoms with Crippen molar-refractivity contribution in [1.82, 2.24) is 4.98 Å². The van der Waals surface area contributed by atoms with Crippen molar-refractivity contribution in [1.29, 1.82) is 0 Å². The van der Waals surface area contributed by atoms with Crippen LogP contribution < -0.4 is 10.6 Å². The van der Waals surface area contributed by atoms with Crippen LogP contribution in [0.25, 0.3) is 0 Å². The van der Waals surface area contributed by atoms with Gasteiger partial charge in [0.25, 0.3) is 5.91 Å². The molecule has 0 radical (unpaired) electrons. The molecule has 20 heavy (non-hydrogen) atoms. The van der Waals surface area contributed by atoms with E-state index in [0.717, 1.165) is 11.3 Å². The van der Waals surface area contributed by atoms with Crippen molar-refractivity contribution in [3.8, 4) is 0 Å². The molecule has 0 atom stereocenters. The lowest BCUT2D eigenvalue weighted by molar-refractivity contribution is 0.102. The zero-order valence-electron chi connectivity index (χ0n) is 11.6. The fraction of sp³-hybridized carbons (Fsp3) is 0.200. The van der Waals surface area contributed by atoms with Crippen molar-refractivity contribution in [3.05, 3.63) is 52.2 Å². The number of aromatic nitrogens is 1. The van der Waals surface area contributed by atoms with E-state index in [1.807, 2.05) is 32.0 Å². The van der Waals surface area contributed by atoms with Gasteiger partial charge >= 0.3 is 0 Å². The number of amides is 1. The van der Waals surface area contributed by atoms with Crippen LogP contribution in [0, 0.1) is 13.8 Å². The summed E-state index contributed by atoms with van der Waals surface area (Å²) in [4.78, 5) is 16.3. The summed E-state index contributed by atoms with van der Waals surface area (Å²) in [7, 11) is 1.74. The van der Waals surface area contributed by atoms with Gasteiger partial charge in [-0.15, -0.1) is 0 Å². The Balaban J connectivity index is 2.25. The van der Waals surface area contributed by atoms with Crippen molar-refractivity contribution in [3.63, 3.8) is 0 Å². The average molecular weight is 290 g/mol. The number of hydrogen-bond acceptors (Lipinski definition) is 3. The number of rotatable bonds is 3. The van der Waals surface area contributed by atoms with E-state index in [1.54, 1.807) is 13.1 Å². The quantitative estimate of drug-likeness (QED) is 0.907. The molecule has 2 N–H and O–H groups in total. The number of halogens is 1. The normalized spacial score (nSPS) is 10.2. The van der Waals surface area contributed by atoms with Gasteiger partial charge in [-0.3, -0.25) is 4.79 Å². The van der Waals surface area contributed by atoms with Crippen LogP contribution in [0.2, 0.25) is 5.02 Å². The molecule has 2 aromatic rings. The van der Waals surface area contributed by atoms with Crippen LogP contribution in [-0.2, 0) is 0 Å². The first-order valence-electron chi connectivity index (χ1n) is 6.23. The number of benzene rings is 1. The fourth-order valence-electron chi connectivity index (χ4n) is 1.77. The van der Waals surface area contributed by atoms with E-state index in [4.69, 9.17) is 11.6 Å². The zero-order chi connectivity index (χ0) is 14.7. The van der Waals surface area contributed by atoms with Crippen LogP contribution in [0.15, 0.2) is 30.5 Å². The summed E-state index contributed by atoms with van der Waals surface area (Å²) in [5.74, 6) is 0.344. The first kappa shape index (κ1) is 14.3. The highest BCUT2D eigenvalue weighted by Crippen LogP contribution is 2.20.